The third-order valence-corrected chi connectivity index (χ3v) is 13.4. The first-order chi connectivity index (χ1) is 30.2. The zero-order valence-electron chi connectivity index (χ0n) is 33.2. The second-order valence-electron chi connectivity index (χ2n) is 15.7. The zero-order chi connectivity index (χ0) is 40.3. The van der Waals surface area contributed by atoms with Crippen molar-refractivity contribution in [2.45, 2.75) is 0 Å². The number of nitrogens with zero attached hydrogens (tertiary/aromatic N) is 2. The highest BCUT2D eigenvalue weighted by Gasteiger charge is 2.19. The van der Waals surface area contributed by atoms with Gasteiger partial charge in [0.2, 0.25) is 0 Å². The quantitative estimate of drug-likeness (QED) is 0.156. The van der Waals surface area contributed by atoms with Gasteiger partial charge in [0.25, 0.3) is 0 Å². The summed E-state index contributed by atoms with van der Waals surface area (Å²) in [5, 5.41) is 7.58. The molecule has 2 aromatic heterocycles. The van der Waals surface area contributed by atoms with Crippen LogP contribution in [0.15, 0.2) is 231 Å². The standard InChI is InChI=1S/C58H38N2S/c1-3-13-39(14-4-1)45-29-34-56-53(36-45)50-19-9-11-21-55(50)60(56)49-37-52(58-54(38-49)51-20-10-12-22-57(51)61-58)42-27-32-48(33-28-42)59(46-17-5-2-6-18-46)47-30-25-41(26-31-47)44-24-23-40-15-7-8-16-43(40)35-44/h1-38H. The summed E-state index contributed by atoms with van der Waals surface area (Å²) in [5.41, 5.74) is 14.2. The van der Waals surface area contributed by atoms with Crippen LogP contribution in [0, 0.1) is 0 Å². The maximum Gasteiger partial charge on any atom is 0.0541 e. The maximum absolute atomic E-state index is 2.46. The second-order valence-corrected chi connectivity index (χ2v) is 16.8. The minimum absolute atomic E-state index is 1.11. The van der Waals surface area contributed by atoms with Crippen LogP contribution >= 0.6 is 11.3 Å². The van der Waals surface area contributed by atoms with Crippen molar-refractivity contribution in [1.29, 1.82) is 0 Å². The topological polar surface area (TPSA) is 8.17 Å². The molecule has 0 aliphatic rings. The third kappa shape index (κ3) is 6.09. The van der Waals surface area contributed by atoms with Gasteiger partial charge < -0.3 is 9.47 Å². The lowest BCUT2D eigenvalue weighted by Crippen LogP contribution is -2.09. The molecule has 0 saturated carbocycles. The van der Waals surface area contributed by atoms with E-state index in [-0.39, 0.29) is 0 Å². The van der Waals surface area contributed by atoms with Gasteiger partial charge in [-0.15, -0.1) is 11.3 Å². The van der Waals surface area contributed by atoms with Crippen molar-refractivity contribution in [1.82, 2.24) is 4.57 Å². The molecule has 0 aliphatic heterocycles. The van der Waals surface area contributed by atoms with Crippen molar-refractivity contribution in [2.24, 2.45) is 0 Å². The average Bonchev–Trinajstić information content (AvgIpc) is 3.88. The molecule has 0 bridgehead atoms. The van der Waals surface area contributed by atoms with E-state index in [1.165, 1.54) is 86.1 Å². The van der Waals surface area contributed by atoms with Gasteiger partial charge >= 0.3 is 0 Å². The lowest BCUT2D eigenvalue weighted by Gasteiger charge is -2.26. The Morgan fingerprint density at radius 3 is 1.67 bits per heavy atom. The predicted molar refractivity (Wildman–Crippen MR) is 262 cm³/mol. The lowest BCUT2D eigenvalue weighted by atomic mass is 10.00. The van der Waals surface area contributed by atoms with E-state index in [4.69, 9.17) is 0 Å². The van der Waals surface area contributed by atoms with Crippen LogP contribution in [-0.4, -0.2) is 4.57 Å². The Hall–Kier alpha value is -7.72. The van der Waals surface area contributed by atoms with Crippen LogP contribution < -0.4 is 4.90 Å². The molecule has 0 amide bonds. The number of thiophene rings is 1. The average molecular weight is 795 g/mol. The molecule has 0 fully saturated rings. The summed E-state index contributed by atoms with van der Waals surface area (Å²) < 4.78 is 5.06. The molecule has 0 radical (unpaired) electrons. The molecule has 61 heavy (non-hydrogen) atoms. The number of aromatic nitrogens is 1. The molecule has 0 saturated heterocycles. The van der Waals surface area contributed by atoms with Gasteiger partial charge in [-0.2, -0.15) is 0 Å². The van der Waals surface area contributed by atoms with Crippen LogP contribution in [0.4, 0.5) is 17.1 Å². The molecular weight excluding hydrogens is 757 g/mol. The molecule has 0 unspecified atom stereocenters. The number of para-hydroxylation sites is 2. The highest BCUT2D eigenvalue weighted by atomic mass is 32.1. The minimum Gasteiger partial charge on any atom is -0.311 e. The van der Waals surface area contributed by atoms with Crippen LogP contribution in [0.25, 0.3) is 91.8 Å². The Bertz CT molecular complexity index is 3560. The van der Waals surface area contributed by atoms with Crippen molar-refractivity contribution in [3.05, 3.63) is 231 Å². The van der Waals surface area contributed by atoms with Crippen molar-refractivity contribution in [3.8, 4) is 39.1 Å². The fourth-order valence-electron chi connectivity index (χ4n) is 9.20. The van der Waals surface area contributed by atoms with Crippen molar-refractivity contribution < 1.29 is 0 Å². The first-order valence-corrected chi connectivity index (χ1v) is 21.6. The summed E-state index contributed by atoms with van der Waals surface area (Å²) in [6, 6.07) is 84.1. The van der Waals surface area contributed by atoms with Gasteiger partial charge in [-0.3, -0.25) is 0 Å². The summed E-state index contributed by atoms with van der Waals surface area (Å²) in [6.07, 6.45) is 0. The van der Waals surface area contributed by atoms with E-state index in [0.717, 1.165) is 22.7 Å². The van der Waals surface area contributed by atoms with Gasteiger partial charge in [0.15, 0.2) is 0 Å². The lowest BCUT2D eigenvalue weighted by molar-refractivity contribution is 1.19. The SMILES string of the molecule is c1ccc(-c2ccc3c(c2)c2ccccc2n3-c2cc(-c3ccc(N(c4ccccc4)c4ccc(-c5ccc6ccccc6c5)cc4)cc3)c3sc4ccccc4c3c2)cc1. The molecule has 0 aliphatic carbocycles. The van der Waals surface area contributed by atoms with Crippen LogP contribution in [0.3, 0.4) is 0 Å². The molecule has 3 heteroatoms. The van der Waals surface area contributed by atoms with Gasteiger partial charge in [-0.25, -0.2) is 0 Å². The fourth-order valence-corrected chi connectivity index (χ4v) is 10.4. The number of hydrogen-bond acceptors (Lipinski definition) is 2. The molecule has 12 aromatic rings. The molecule has 12 rings (SSSR count). The molecule has 2 nitrogen and oxygen atoms in total. The smallest absolute Gasteiger partial charge is 0.0541 e. The van der Waals surface area contributed by atoms with E-state index in [9.17, 15) is 0 Å². The van der Waals surface area contributed by atoms with E-state index in [2.05, 4.69) is 240 Å². The Balaban J connectivity index is 0.985. The molecule has 0 N–H and O–H groups in total. The minimum atomic E-state index is 1.11. The van der Waals surface area contributed by atoms with Crippen LogP contribution in [0.2, 0.25) is 0 Å². The van der Waals surface area contributed by atoms with Crippen molar-refractivity contribution in [2.75, 3.05) is 4.90 Å². The number of rotatable bonds is 7. The Labute approximate surface area is 358 Å². The van der Waals surface area contributed by atoms with Crippen molar-refractivity contribution in [3.63, 3.8) is 0 Å². The highest BCUT2D eigenvalue weighted by Crippen LogP contribution is 2.45. The summed E-state index contributed by atoms with van der Waals surface area (Å²) in [7, 11) is 0. The Kier molecular flexibility index (Phi) is 8.39. The first-order valence-electron chi connectivity index (χ1n) is 20.8. The van der Waals surface area contributed by atoms with Gasteiger partial charge in [0, 0.05) is 59.3 Å². The van der Waals surface area contributed by atoms with E-state index < -0.39 is 0 Å². The summed E-state index contributed by atoms with van der Waals surface area (Å²) in [4.78, 5) is 2.35. The van der Waals surface area contributed by atoms with E-state index in [1.807, 2.05) is 11.3 Å². The van der Waals surface area contributed by atoms with Crippen LogP contribution in [0.1, 0.15) is 0 Å². The summed E-state index contributed by atoms with van der Waals surface area (Å²) in [6.45, 7) is 0. The van der Waals surface area contributed by atoms with E-state index >= 15 is 0 Å². The number of benzene rings is 10. The Morgan fingerprint density at radius 1 is 0.328 bits per heavy atom. The van der Waals surface area contributed by atoms with E-state index in [1.54, 1.807) is 0 Å². The first kappa shape index (κ1) is 35.2. The van der Waals surface area contributed by atoms with Gasteiger partial charge in [-0.1, -0.05) is 152 Å². The van der Waals surface area contributed by atoms with Gasteiger partial charge in [-0.05, 0) is 117 Å². The Morgan fingerprint density at radius 2 is 0.885 bits per heavy atom. The third-order valence-electron chi connectivity index (χ3n) is 12.2. The number of fused-ring (bicyclic) bond motifs is 7. The summed E-state index contributed by atoms with van der Waals surface area (Å²) >= 11 is 1.88. The fraction of sp³-hybridized carbons (Fsp3) is 0. The number of hydrogen-bond donors (Lipinski definition) is 0. The summed E-state index contributed by atoms with van der Waals surface area (Å²) in [5.74, 6) is 0. The normalized spacial score (nSPS) is 11.6. The van der Waals surface area contributed by atoms with Gasteiger partial charge in [0.05, 0.1) is 11.0 Å². The largest absolute Gasteiger partial charge is 0.311 e. The van der Waals surface area contributed by atoms with Crippen LogP contribution in [0.5, 0.6) is 0 Å². The monoisotopic (exact) mass is 794 g/mol. The predicted octanol–water partition coefficient (Wildman–Crippen LogP) is 16.8. The molecule has 286 valence electrons. The van der Waals surface area contributed by atoms with E-state index in [0.29, 0.717) is 0 Å². The molecule has 10 aromatic carbocycles. The van der Waals surface area contributed by atoms with Crippen molar-refractivity contribution >= 4 is 81.1 Å². The zero-order valence-corrected chi connectivity index (χ0v) is 34.1. The number of anilines is 3. The van der Waals surface area contributed by atoms with Crippen LogP contribution in [-0.2, 0) is 0 Å². The highest BCUT2D eigenvalue weighted by molar-refractivity contribution is 7.26. The van der Waals surface area contributed by atoms with Gasteiger partial charge in [0.1, 0.15) is 0 Å². The maximum atomic E-state index is 2.46. The molecular formula is C58H38N2S. The molecule has 0 atom stereocenters. The second kappa shape index (κ2) is 14.5. The molecule has 2 heterocycles. The molecule has 0 spiro atoms.